The van der Waals surface area contributed by atoms with Gasteiger partial charge in [0, 0.05) is 44.0 Å². The fraction of sp³-hybridized carbons (Fsp3) is 0.273. The van der Waals surface area contributed by atoms with Gasteiger partial charge in [0.1, 0.15) is 11.8 Å². The lowest BCUT2D eigenvalue weighted by molar-refractivity contribution is 0.413. The van der Waals surface area contributed by atoms with Gasteiger partial charge in [0.2, 0.25) is 0 Å². The Bertz CT molecular complexity index is 1220. The minimum Gasteiger partial charge on any atom is -0.495 e. The van der Waals surface area contributed by atoms with E-state index in [-0.39, 0.29) is 23.5 Å². The highest BCUT2D eigenvalue weighted by Crippen LogP contribution is 2.33. The third-order valence-corrected chi connectivity index (χ3v) is 7.19. The Morgan fingerprint density at radius 2 is 1.97 bits per heavy atom. The molecule has 1 aliphatic rings. The van der Waals surface area contributed by atoms with Gasteiger partial charge in [-0.2, -0.15) is 9.57 Å². The maximum atomic E-state index is 13.2. The largest absolute Gasteiger partial charge is 0.495 e. The second-order valence-corrected chi connectivity index (χ2v) is 9.38. The van der Waals surface area contributed by atoms with Crippen LogP contribution in [-0.2, 0) is 17.1 Å². The molecule has 1 aromatic heterocycles. The van der Waals surface area contributed by atoms with Crippen molar-refractivity contribution in [1.82, 2.24) is 13.9 Å². The molecule has 1 N–H and O–H groups in total. The number of aromatic nitrogens is 2. The van der Waals surface area contributed by atoms with Crippen molar-refractivity contribution in [3.8, 4) is 11.8 Å². The number of hydrogen-bond acceptors (Lipinski definition) is 6. The van der Waals surface area contributed by atoms with Gasteiger partial charge in [-0.15, -0.1) is 0 Å². The molecule has 0 amide bonds. The summed E-state index contributed by atoms with van der Waals surface area (Å²) in [7, 11) is -0.459. The standard InChI is InChI=1S/C22H23N5O3S/c1-26-14-22(24-15-26)31(28,29)27-12-19(16-6-4-3-5-7-16)20(13-27)25-18-8-9-21(30-2)17(10-18)11-23/h3-10,14-15,19-20,25H,12-13H2,1-2H3. The Morgan fingerprint density at radius 3 is 2.61 bits per heavy atom. The van der Waals surface area contributed by atoms with Crippen LogP contribution in [0.3, 0.4) is 0 Å². The molecule has 4 rings (SSSR count). The van der Waals surface area contributed by atoms with Crippen molar-refractivity contribution in [2.45, 2.75) is 17.0 Å². The summed E-state index contributed by atoms with van der Waals surface area (Å²) in [6.07, 6.45) is 2.99. The Labute approximate surface area is 181 Å². The first-order chi connectivity index (χ1) is 14.9. The molecule has 160 valence electrons. The minimum absolute atomic E-state index is 0.0404. The zero-order valence-electron chi connectivity index (χ0n) is 17.3. The van der Waals surface area contributed by atoms with Crippen LogP contribution in [0.4, 0.5) is 5.69 Å². The number of anilines is 1. The Balaban J connectivity index is 1.65. The molecule has 1 aliphatic heterocycles. The fourth-order valence-corrected chi connectivity index (χ4v) is 5.36. The molecular weight excluding hydrogens is 414 g/mol. The van der Waals surface area contributed by atoms with Crippen LogP contribution in [-0.4, -0.2) is 48.5 Å². The summed E-state index contributed by atoms with van der Waals surface area (Å²) in [6.45, 7) is 0.619. The van der Waals surface area contributed by atoms with Crippen molar-refractivity contribution in [2.75, 3.05) is 25.5 Å². The highest BCUT2D eigenvalue weighted by atomic mass is 32.2. The quantitative estimate of drug-likeness (QED) is 0.636. The van der Waals surface area contributed by atoms with E-state index < -0.39 is 10.0 Å². The van der Waals surface area contributed by atoms with Crippen LogP contribution in [0.1, 0.15) is 17.0 Å². The summed E-state index contributed by atoms with van der Waals surface area (Å²) in [5.74, 6) is 0.436. The molecule has 0 radical (unpaired) electrons. The Kier molecular flexibility index (Phi) is 5.67. The number of nitrogens with one attached hydrogen (secondary N) is 1. The highest BCUT2D eigenvalue weighted by molar-refractivity contribution is 7.89. The van der Waals surface area contributed by atoms with Gasteiger partial charge >= 0.3 is 0 Å². The number of methoxy groups -OCH3 is 1. The monoisotopic (exact) mass is 437 g/mol. The van der Waals surface area contributed by atoms with Crippen LogP contribution in [0, 0.1) is 11.3 Å². The number of rotatable bonds is 6. The van der Waals surface area contributed by atoms with E-state index in [1.54, 1.807) is 23.7 Å². The van der Waals surface area contributed by atoms with Crippen LogP contribution < -0.4 is 10.1 Å². The molecule has 0 saturated carbocycles. The lowest BCUT2D eigenvalue weighted by Crippen LogP contribution is -2.32. The van der Waals surface area contributed by atoms with Crippen molar-refractivity contribution in [1.29, 1.82) is 5.26 Å². The highest BCUT2D eigenvalue weighted by Gasteiger charge is 2.41. The summed E-state index contributed by atoms with van der Waals surface area (Å²) in [5.41, 5.74) is 2.20. The predicted octanol–water partition coefficient (Wildman–Crippen LogP) is 2.57. The van der Waals surface area contributed by atoms with Crippen molar-refractivity contribution in [2.24, 2.45) is 7.05 Å². The second kappa shape index (κ2) is 8.41. The van der Waals surface area contributed by atoms with Crippen molar-refractivity contribution >= 4 is 15.7 Å². The summed E-state index contributed by atoms with van der Waals surface area (Å²) in [5, 5.41) is 12.9. The molecule has 9 heteroatoms. The van der Waals surface area contributed by atoms with Gasteiger partial charge in [-0.1, -0.05) is 30.3 Å². The molecule has 2 aromatic carbocycles. The van der Waals surface area contributed by atoms with E-state index in [0.717, 1.165) is 11.3 Å². The maximum Gasteiger partial charge on any atom is 0.262 e. The predicted molar refractivity (Wildman–Crippen MR) is 116 cm³/mol. The number of sulfonamides is 1. The van der Waals surface area contributed by atoms with E-state index in [1.165, 1.54) is 23.9 Å². The van der Waals surface area contributed by atoms with Crippen molar-refractivity contribution in [3.05, 3.63) is 72.2 Å². The first-order valence-electron chi connectivity index (χ1n) is 9.80. The number of ether oxygens (including phenoxy) is 1. The van der Waals surface area contributed by atoms with Gasteiger partial charge in [0.15, 0.2) is 5.03 Å². The average Bonchev–Trinajstić information content (AvgIpc) is 3.41. The van der Waals surface area contributed by atoms with Crippen LogP contribution in [0.15, 0.2) is 66.1 Å². The third-order valence-electron chi connectivity index (χ3n) is 5.47. The van der Waals surface area contributed by atoms with Crippen LogP contribution in [0.5, 0.6) is 5.75 Å². The molecule has 8 nitrogen and oxygen atoms in total. The van der Waals surface area contributed by atoms with Gasteiger partial charge in [-0.05, 0) is 23.8 Å². The molecule has 0 bridgehead atoms. The molecule has 2 heterocycles. The lowest BCUT2D eigenvalue weighted by atomic mass is 9.94. The van der Waals surface area contributed by atoms with E-state index in [4.69, 9.17) is 4.74 Å². The molecular formula is C22H23N5O3S. The number of aryl methyl sites for hydroxylation is 1. The molecule has 0 spiro atoms. The van der Waals surface area contributed by atoms with E-state index in [9.17, 15) is 13.7 Å². The number of imidazole rings is 1. The Hall–Kier alpha value is -3.35. The van der Waals surface area contributed by atoms with E-state index in [0.29, 0.717) is 17.9 Å². The summed E-state index contributed by atoms with van der Waals surface area (Å²) in [6, 6.07) is 17.1. The fourth-order valence-electron chi connectivity index (χ4n) is 3.90. The zero-order chi connectivity index (χ0) is 22.0. The molecule has 1 fully saturated rings. The van der Waals surface area contributed by atoms with Gasteiger partial charge in [0.25, 0.3) is 10.0 Å². The smallest absolute Gasteiger partial charge is 0.262 e. The van der Waals surface area contributed by atoms with Crippen LogP contribution in [0.25, 0.3) is 0 Å². The average molecular weight is 438 g/mol. The maximum absolute atomic E-state index is 13.2. The number of nitrogens with zero attached hydrogens (tertiary/aromatic N) is 4. The summed E-state index contributed by atoms with van der Waals surface area (Å²) in [4.78, 5) is 4.04. The Morgan fingerprint density at radius 1 is 1.19 bits per heavy atom. The van der Waals surface area contributed by atoms with Gasteiger partial charge in [0.05, 0.1) is 19.0 Å². The van der Waals surface area contributed by atoms with Crippen molar-refractivity contribution in [3.63, 3.8) is 0 Å². The summed E-state index contributed by atoms with van der Waals surface area (Å²) < 4.78 is 34.6. The number of nitriles is 1. The third kappa shape index (κ3) is 4.13. The molecule has 31 heavy (non-hydrogen) atoms. The van der Waals surface area contributed by atoms with Crippen molar-refractivity contribution < 1.29 is 13.2 Å². The second-order valence-electron chi connectivity index (χ2n) is 7.49. The topological polar surface area (TPSA) is 100 Å². The number of hydrogen-bond donors (Lipinski definition) is 1. The first kappa shape index (κ1) is 20.9. The zero-order valence-corrected chi connectivity index (χ0v) is 18.1. The molecule has 2 unspecified atom stereocenters. The lowest BCUT2D eigenvalue weighted by Gasteiger charge is -2.21. The van der Waals surface area contributed by atoms with E-state index in [1.807, 2.05) is 36.4 Å². The molecule has 0 aliphatic carbocycles. The van der Waals surface area contributed by atoms with E-state index >= 15 is 0 Å². The number of benzene rings is 2. The van der Waals surface area contributed by atoms with E-state index in [2.05, 4.69) is 16.4 Å². The summed E-state index contributed by atoms with van der Waals surface area (Å²) >= 11 is 0. The molecule has 3 aromatic rings. The molecule has 1 saturated heterocycles. The van der Waals surface area contributed by atoms with Crippen LogP contribution in [0.2, 0.25) is 0 Å². The van der Waals surface area contributed by atoms with Gasteiger partial charge < -0.3 is 14.6 Å². The van der Waals surface area contributed by atoms with Gasteiger partial charge in [-0.3, -0.25) is 0 Å². The molecule has 2 atom stereocenters. The SMILES string of the molecule is COc1ccc(NC2CN(S(=O)(=O)c3cn(C)cn3)CC2c2ccccc2)cc1C#N. The van der Waals surface area contributed by atoms with Crippen LogP contribution >= 0.6 is 0 Å². The minimum atomic E-state index is -3.72. The normalized spacial score (nSPS) is 19.1. The van der Waals surface area contributed by atoms with Gasteiger partial charge in [-0.25, -0.2) is 13.4 Å². The first-order valence-corrected chi connectivity index (χ1v) is 11.2.